The van der Waals surface area contributed by atoms with Gasteiger partial charge in [0.25, 0.3) is 0 Å². The molecule has 5 heteroatoms. The van der Waals surface area contributed by atoms with Gasteiger partial charge in [-0.2, -0.15) is 0 Å². The summed E-state index contributed by atoms with van der Waals surface area (Å²) in [6.07, 6.45) is 1.35. The first-order chi connectivity index (χ1) is 9.08. The predicted molar refractivity (Wildman–Crippen MR) is 71.4 cm³/mol. The molecule has 1 aromatic rings. The van der Waals surface area contributed by atoms with Crippen LogP contribution in [0.4, 0.5) is 0 Å². The summed E-state index contributed by atoms with van der Waals surface area (Å²) in [5.74, 6) is -0.0115. The third-order valence-corrected chi connectivity index (χ3v) is 2.96. The Bertz CT molecular complexity index is 416. The lowest BCUT2D eigenvalue weighted by Crippen LogP contribution is -2.12. The van der Waals surface area contributed by atoms with Crippen LogP contribution in [0.5, 0.6) is 17.2 Å². The van der Waals surface area contributed by atoms with Gasteiger partial charge in [-0.1, -0.05) is 13.3 Å². The molecule has 0 fully saturated rings. The third kappa shape index (κ3) is 3.30. The first kappa shape index (κ1) is 15.1. The summed E-state index contributed by atoms with van der Waals surface area (Å²) in [6, 6.07) is 3.38. The third-order valence-electron chi connectivity index (χ3n) is 2.96. The van der Waals surface area contributed by atoms with E-state index in [9.17, 15) is 9.90 Å². The molecule has 0 amide bonds. The Kier molecular flexibility index (Phi) is 5.48. The minimum absolute atomic E-state index is 0.467. The van der Waals surface area contributed by atoms with E-state index in [2.05, 4.69) is 0 Å². The number of rotatable bonds is 7. The van der Waals surface area contributed by atoms with Crippen LogP contribution in [0.2, 0.25) is 0 Å². The number of aliphatic carboxylic acids is 1. The molecule has 0 aliphatic heterocycles. The van der Waals surface area contributed by atoms with Crippen LogP contribution in [0, 0.1) is 0 Å². The van der Waals surface area contributed by atoms with Crippen molar-refractivity contribution >= 4 is 5.97 Å². The van der Waals surface area contributed by atoms with Gasteiger partial charge in [0.15, 0.2) is 11.5 Å². The summed E-state index contributed by atoms with van der Waals surface area (Å²) in [7, 11) is 4.54. The highest BCUT2D eigenvalue weighted by molar-refractivity contribution is 5.77. The summed E-state index contributed by atoms with van der Waals surface area (Å²) in [5, 5.41) is 9.30. The molecule has 0 saturated carbocycles. The number of carboxylic acids is 1. The molecular formula is C14H20O5. The van der Waals surface area contributed by atoms with E-state index in [1.807, 2.05) is 6.92 Å². The van der Waals surface area contributed by atoms with Crippen molar-refractivity contribution in [2.75, 3.05) is 21.3 Å². The smallest absolute Gasteiger partial charge is 0.310 e. The number of carboxylic acid groups (broad SMARTS) is 1. The van der Waals surface area contributed by atoms with E-state index >= 15 is 0 Å². The Labute approximate surface area is 113 Å². The molecule has 1 N–H and O–H groups in total. The summed E-state index contributed by atoms with van der Waals surface area (Å²) < 4.78 is 15.7. The fourth-order valence-corrected chi connectivity index (χ4v) is 2.02. The lowest BCUT2D eigenvalue weighted by Gasteiger charge is -2.17. The molecule has 0 radical (unpaired) electrons. The molecule has 0 aliphatic carbocycles. The van der Waals surface area contributed by atoms with Crippen LogP contribution in [-0.4, -0.2) is 32.4 Å². The van der Waals surface area contributed by atoms with Gasteiger partial charge in [0.1, 0.15) is 0 Å². The Morgan fingerprint density at radius 3 is 2.00 bits per heavy atom. The van der Waals surface area contributed by atoms with Gasteiger partial charge in [-0.05, 0) is 24.1 Å². The van der Waals surface area contributed by atoms with Gasteiger partial charge in [-0.15, -0.1) is 0 Å². The van der Waals surface area contributed by atoms with E-state index in [0.717, 1.165) is 6.42 Å². The van der Waals surface area contributed by atoms with Gasteiger partial charge in [0.05, 0.1) is 27.2 Å². The van der Waals surface area contributed by atoms with Crippen LogP contribution < -0.4 is 14.2 Å². The highest BCUT2D eigenvalue weighted by Gasteiger charge is 2.23. The average molecular weight is 268 g/mol. The van der Waals surface area contributed by atoms with E-state index in [0.29, 0.717) is 29.2 Å². The number of hydrogen-bond acceptors (Lipinski definition) is 4. The quantitative estimate of drug-likeness (QED) is 0.823. The number of methoxy groups -OCH3 is 3. The zero-order valence-corrected chi connectivity index (χ0v) is 11.7. The summed E-state index contributed by atoms with van der Waals surface area (Å²) >= 11 is 0. The van der Waals surface area contributed by atoms with Gasteiger partial charge < -0.3 is 19.3 Å². The Morgan fingerprint density at radius 1 is 1.16 bits per heavy atom. The Morgan fingerprint density at radius 2 is 1.68 bits per heavy atom. The van der Waals surface area contributed by atoms with E-state index in [1.54, 1.807) is 12.1 Å². The SMILES string of the molecule is CCC[C@@H](C(=O)O)c1cc(OC)c(OC)c(OC)c1. The van der Waals surface area contributed by atoms with E-state index in [-0.39, 0.29) is 0 Å². The minimum atomic E-state index is -0.851. The standard InChI is InChI=1S/C14H20O5/c1-5-6-10(14(15)16)9-7-11(17-2)13(19-4)12(8-9)18-3/h7-8,10H,5-6H2,1-4H3,(H,15,16)/t10-/m1/s1. The van der Waals surface area contributed by atoms with Crippen molar-refractivity contribution in [3.8, 4) is 17.2 Å². The molecule has 0 heterocycles. The van der Waals surface area contributed by atoms with Gasteiger partial charge in [-0.3, -0.25) is 4.79 Å². The predicted octanol–water partition coefficient (Wildman–Crippen LogP) is 2.68. The summed E-state index contributed by atoms with van der Waals surface area (Å²) in [4.78, 5) is 11.3. The molecule has 1 aromatic carbocycles. The minimum Gasteiger partial charge on any atom is -0.493 e. The van der Waals surface area contributed by atoms with Crippen molar-refractivity contribution in [1.82, 2.24) is 0 Å². The van der Waals surface area contributed by atoms with Crippen molar-refractivity contribution < 1.29 is 24.1 Å². The summed E-state index contributed by atoms with van der Waals surface area (Å²) in [6.45, 7) is 1.95. The Balaban J connectivity index is 3.31. The highest BCUT2D eigenvalue weighted by Crippen LogP contribution is 2.40. The second-order valence-corrected chi connectivity index (χ2v) is 4.14. The van der Waals surface area contributed by atoms with Crippen LogP contribution in [0.25, 0.3) is 0 Å². The van der Waals surface area contributed by atoms with Crippen LogP contribution in [0.3, 0.4) is 0 Å². The van der Waals surface area contributed by atoms with E-state index < -0.39 is 11.9 Å². The normalized spacial score (nSPS) is 11.8. The average Bonchev–Trinajstić information content (AvgIpc) is 2.42. The number of hydrogen-bond donors (Lipinski definition) is 1. The highest BCUT2D eigenvalue weighted by atomic mass is 16.5. The maximum absolute atomic E-state index is 11.3. The largest absolute Gasteiger partial charge is 0.493 e. The van der Waals surface area contributed by atoms with Gasteiger partial charge in [0, 0.05) is 0 Å². The van der Waals surface area contributed by atoms with Crippen LogP contribution in [0.15, 0.2) is 12.1 Å². The van der Waals surface area contributed by atoms with Crippen molar-refractivity contribution in [2.24, 2.45) is 0 Å². The van der Waals surface area contributed by atoms with E-state index in [4.69, 9.17) is 14.2 Å². The molecule has 1 atom stereocenters. The van der Waals surface area contributed by atoms with Gasteiger partial charge in [0.2, 0.25) is 5.75 Å². The molecule has 0 unspecified atom stereocenters. The molecule has 0 saturated heterocycles. The second kappa shape index (κ2) is 6.87. The monoisotopic (exact) mass is 268 g/mol. The molecule has 5 nitrogen and oxygen atoms in total. The van der Waals surface area contributed by atoms with Crippen LogP contribution in [0.1, 0.15) is 31.2 Å². The molecular weight excluding hydrogens is 248 g/mol. The fraction of sp³-hybridized carbons (Fsp3) is 0.500. The second-order valence-electron chi connectivity index (χ2n) is 4.14. The lowest BCUT2D eigenvalue weighted by molar-refractivity contribution is -0.139. The van der Waals surface area contributed by atoms with Crippen LogP contribution >= 0.6 is 0 Å². The van der Waals surface area contributed by atoms with Crippen molar-refractivity contribution in [2.45, 2.75) is 25.7 Å². The maximum atomic E-state index is 11.3. The van der Waals surface area contributed by atoms with Gasteiger partial charge in [-0.25, -0.2) is 0 Å². The number of ether oxygens (including phenoxy) is 3. The topological polar surface area (TPSA) is 65.0 Å². The molecule has 0 spiro atoms. The maximum Gasteiger partial charge on any atom is 0.310 e. The Hall–Kier alpha value is -1.91. The lowest BCUT2D eigenvalue weighted by atomic mass is 9.94. The van der Waals surface area contributed by atoms with Crippen molar-refractivity contribution in [1.29, 1.82) is 0 Å². The molecule has 0 aromatic heterocycles. The molecule has 1 rings (SSSR count). The first-order valence-corrected chi connectivity index (χ1v) is 6.11. The first-order valence-electron chi connectivity index (χ1n) is 6.11. The van der Waals surface area contributed by atoms with Gasteiger partial charge >= 0.3 is 5.97 Å². The molecule has 19 heavy (non-hydrogen) atoms. The fourth-order valence-electron chi connectivity index (χ4n) is 2.02. The zero-order valence-electron chi connectivity index (χ0n) is 11.7. The number of benzene rings is 1. The molecule has 0 bridgehead atoms. The zero-order chi connectivity index (χ0) is 14.4. The molecule has 0 aliphatic rings. The molecule has 106 valence electrons. The number of carbonyl (C=O) groups is 1. The van der Waals surface area contributed by atoms with Crippen molar-refractivity contribution in [3.05, 3.63) is 17.7 Å². The van der Waals surface area contributed by atoms with E-state index in [1.165, 1.54) is 21.3 Å². The van der Waals surface area contributed by atoms with Crippen LogP contribution in [-0.2, 0) is 4.79 Å². The summed E-state index contributed by atoms with van der Waals surface area (Å²) in [5.41, 5.74) is 0.656. The van der Waals surface area contributed by atoms with Crippen molar-refractivity contribution in [3.63, 3.8) is 0 Å².